The molecule has 3 heterocycles. The van der Waals surface area contributed by atoms with Gasteiger partial charge in [0.25, 0.3) is 0 Å². The summed E-state index contributed by atoms with van der Waals surface area (Å²) in [7, 11) is 0. The molecule has 3 unspecified atom stereocenters. The van der Waals surface area contributed by atoms with Gasteiger partial charge in [0.05, 0.1) is 6.04 Å². The van der Waals surface area contributed by atoms with Crippen LogP contribution in [0.2, 0.25) is 0 Å². The van der Waals surface area contributed by atoms with Crippen molar-refractivity contribution in [3.05, 3.63) is 23.8 Å². The average molecular weight is 371 g/mol. The first-order valence-electron chi connectivity index (χ1n) is 10.5. The summed E-state index contributed by atoms with van der Waals surface area (Å²) in [6.45, 7) is 2.00. The quantitative estimate of drug-likeness (QED) is 0.855. The number of hydrazine groups is 1. The van der Waals surface area contributed by atoms with Crippen molar-refractivity contribution in [2.75, 3.05) is 19.9 Å². The Kier molecular flexibility index (Phi) is 4.70. The number of nitrogens with one attached hydrogen (secondary N) is 2. The van der Waals surface area contributed by atoms with Gasteiger partial charge in [0.1, 0.15) is 0 Å². The number of piperidine rings is 1. The van der Waals surface area contributed by atoms with Crippen molar-refractivity contribution in [1.29, 1.82) is 0 Å². The zero-order chi connectivity index (χ0) is 18.2. The lowest BCUT2D eigenvalue weighted by Crippen LogP contribution is -2.48. The molecule has 146 valence electrons. The van der Waals surface area contributed by atoms with E-state index in [0.717, 1.165) is 37.4 Å². The zero-order valence-corrected chi connectivity index (χ0v) is 15.8. The topological polar surface area (TPSA) is 62.8 Å². The lowest BCUT2D eigenvalue weighted by Gasteiger charge is -2.37. The van der Waals surface area contributed by atoms with Crippen molar-refractivity contribution in [2.24, 2.45) is 11.8 Å². The fourth-order valence-corrected chi connectivity index (χ4v) is 5.23. The van der Waals surface area contributed by atoms with Crippen LogP contribution in [-0.4, -0.2) is 36.7 Å². The van der Waals surface area contributed by atoms with Crippen molar-refractivity contribution in [3.63, 3.8) is 0 Å². The summed E-state index contributed by atoms with van der Waals surface area (Å²) in [5.74, 6) is 2.98. The molecule has 6 heteroatoms. The molecule has 4 aliphatic rings. The maximum atomic E-state index is 12.9. The van der Waals surface area contributed by atoms with Gasteiger partial charge in [-0.15, -0.1) is 0 Å². The van der Waals surface area contributed by atoms with Crippen LogP contribution < -0.4 is 20.3 Å². The standard InChI is InChI=1S/C21H29N3O3/c25-20(10-14-4-2-1-3-5-14)24-9-8-17-16(12-24)21(23-22-17)15-6-7-18-19(11-15)27-13-26-18/h6-7,11,14,16-17,21-23H,1-5,8-10,12-13H2. The van der Waals surface area contributed by atoms with Gasteiger partial charge in [-0.05, 0) is 42.9 Å². The van der Waals surface area contributed by atoms with E-state index in [1.54, 1.807) is 0 Å². The van der Waals surface area contributed by atoms with E-state index < -0.39 is 0 Å². The maximum absolute atomic E-state index is 12.9. The van der Waals surface area contributed by atoms with Crippen LogP contribution >= 0.6 is 0 Å². The Morgan fingerprint density at radius 3 is 2.81 bits per heavy atom. The van der Waals surface area contributed by atoms with Crippen LogP contribution in [0.5, 0.6) is 11.5 Å². The van der Waals surface area contributed by atoms with Crippen molar-refractivity contribution in [2.45, 2.75) is 57.0 Å². The van der Waals surface area contributed by atoms with E-state index in [9.17, 15) is 4.79 Å². The highest BCUT2D eigenvalue weighted by Gasteiger charge is 2.42. The van der Waals surface area contributed by atoms with Crippen LogP contribution in [0, 0.1) is 11.8 Å². The van der Waals surface area contributed by atoms with Crippen molar-refractivity contribution in [1.82, 2.24) is 15.8 Å². The van der Waals surface area contributed by atoms with Gasteiger partial charge in [0.15, 0.2) is 11.5 Å². The van der Waals surface area contributed by atoms with Gasteiger partial charge in [-0.1, -0.05) is 25.3 Å². The van der Waals surface area contributed by atoms with Gasteiger partial charge in [-0.25, -0.2) is 5.43 Å². The molecule has 1 aromatic carbocycles. The van der Waals surface area contributed by atoms with E-state index in [2.05, 4.69) is 27.9 Å². The number of ether oxygens (including phenoxy) is 2. The number of rotatable bonds is 3. The second-order valence-corrected chi connectivity index (χ2v) is 8.49. The molecule has 3 fully saturated rings. The third kappa shape index (κ3) is 3.41. The highest BCUT2D eigenvalue weighted by atomic mass is 16.7. The molecule has 0 radical (unpaired) electrons. The summed E-state index contributed by atoms with van der Waals surface area (Å²) in [4.78, 5) is 15.0. The zero-order valence-electron chi connectivity index (χ0n) is 15.8. The molecule has 2 N–H and O–H groups in total. The second-order valence-electron chi connectivity index (χ2n) is 8.49. The summed E-state index contributed by atoms with van der Waals surface area (Å²) in [5.41, 5.74) is 8.11. The molecule has 27 heavy (non-hydrogen) atoms. The molecule has 1 saturated carbocycles. The summed E-state index contributed by atoms with van der Waals surface area (Å²) in [6.07, 6.45) is 8.14. The molecule has 1 aliphatic carbocycles. The Bertz CT molecular complexity index is 704. The first kappa shape index (κ1) is 17.3. The van der Waals surface area contributed by atoms with Crippen molar-refractivity contribution in [3.8, 4) is 11.5 Å². The highest BCUT2D eigenvalue weighted by Crippen LogP contribution is 2.39. The van der Waals surface area contributed by atoms with E-state index in [1.807, 2.05) is 6.07 Å². The normalized spacial score (nSPS) is 30.4. The lowest BCUT2D eigenvalue weighted by atomic mass is 9.83. The number of nitrogens with zero attached hydrogens (tertiary/aromatic N) is 1. The summed E-state index contributed by atoms with van der Waals surface area (Å²) in [5, 5.41) is 0. The van der Waals surface area contributed by atoms with Crippen LogP contribution in [0.15, 0.2) is 18.2 Å². The minimum Gasteiger partial charge on any atom is -0.454 e. The number of likely N-dealkylation sites (tertiary alicyclic amines) is 1. The summed E-state index contributed by atoms with van der Waals surface area (Å²) >= 11 is 0. The summed E-state index contributed by atoms with van der Waals surface area (Å²) in [6, 6.07) is 6.78. The predicted octanol–water partition coefficient (Wildman–Crippen LogP) is 2.75. The molecule has 2 saturated heterocycles. The first-order valence-corrected chi connectivity index (χ1v) is 10.5. The smallest absolute Gasteiger partial charge is 0.231 e. The van der Waals surface area contributed by atoms with E-state index >= 15 is 0 Å². The molecule has 3 atom stereocenters. The van der Waals surface area contributed by atoms with Crippen LogP contribution in [0.4, 0.5) is 0 Å². The van der Waals surface area contributed by atoms with Gasteiger partial charge in [-0.3, -0.25) is 10.2 Å². The van der Waals surface area contributed by atoms with E-state index in [0.29, 0.717) is 30.6 Å². The molecular weight excluding hydrogens is 342 g/mol. The van der Waals surface area contributed by atoms with Gasteiger partial charge in [0.2, 0.25) is 12.7 Å². The number of hydrogen-bond acceptors (Lipinski definition) is 5. The fraction of sp³-hybridized carbons (Fsp3) is 0.667. The molecule has 6 nitrogen and oxygen atoms in total. The Hall–Kier alpha value is -1.79. The Morgan fingerprint density at radius 2 is 1.93 bits per heavy atom. The SMILES string of the molecule is O=C(CC1CCCCC1)N1CCC2NNC(c3ccc4c(c3)OCO4)C2C1. The molecule has 3 aliphatic heterocycles. The van der Waals surface area contributed by atoms with E-state index in [-0.39, 0.29) is 6.04 Å². The number of amides is 1. The molecule has 0 bridgehead atoms. The van der Waals surface area contributed by atoms with Crippen molar-refractivity contribution >= 4 is 5.91 Å². The molecule has 1 amide bonds. The van der Waals surface area contributed by atoms with Crippen LogP contribution in [0.3, 0.4) is 0 Å². The number of hydrogen-bond donors (Lipinski definition) is 2. The van der Waals surface area contributed by atoms with Crippen molar-refractivity contribution < 1.29 is 14.3 Å². The number of carbonyl (C=O) groups excluding carboxylic acids is 1. The monoisotopic (exact) mass is 371 g/mol. The first-order chi connectivity index (χ1) is 13.3. The third-order valence-corrected chi connectivity index (χ3v) is 6.81. The van der Waals surface area contributed by atoms with E-state index in [1.165, 1.54) is 37.7 Å². The minimum absolute atomic E-state index is 0.190. The van der Waals surface area contributed by atoms with Gasteiger partial charge in [0, 0.05) is 31.5 Å². The Balaban J connectivity index is 1.26. The average Bonchev–Trinajstić information content (AvgIpc) is 3.34. The Labute approximate surface area is 160 Å². The number of carbonyl (C=O) groups is 1. The lowest BCUT2D eigenvalue weighted by molar-refractivity contribution is -0.134. The van der Waals surface area contributed by atoms with Crippen LogP contribution in [0.25, 0.3) is 0 Å². The molecule has 0 spiro atoms. The highest BCUT2D eigenvalue weighted by molar-refractivity contribution is 5.76. The molecular formula is C21H29N3O3. The largest absolute Gasteiger partial charge is 0.454 e. The number of benzene rings is 1. The van der Waals surface area contributed by atoms with Gasteiger partial charge in [-0.2, -0.15) is 0 Å². The third-order valence-electron chi connectivity index (χ3n) is 6.81. The molecule has 5 rings (SSSR count). The van der Waals surface area contributed by atoms with E-state index in [4.69, 9.17) is 9.47 Å². The summed E-state index contributed by atoms with van der Waals surface area (Å²) < 4.78 is 11.0. The maximum Gasteiger partial charge on any atom is 0.231 e. The van der Waals surface area contributed by atoms with Gasteiger partial charge >= 0.3 is 0 Å². The minimum atomic E-state index is 0.190. The predicted molar refractivity (Wildman–Crippen MR) is 101 cm³/mol. The van der Waals surface area contributed by atoms with Gasteiger partial charge < -0.3 is 14.4 Å². The second kappa shape index (κ2) is 7.32. The fourth-order valence-electron chi connectivity index (χ4n) is 5.23. The van der Waals surface area contributed by atoms with Crippen LogP contribution in [0.1, 0.15) is 56.6 Å². The molecule has 0 aromatic heterocycles. The number of fused-ring (bicyclic) bond motifs is 2. The van der Waals surface area contributed by atoms with Crippen LogP contribution in [-0.2, 0) is 4.79 Å². The molecule has 1 aromatic rings. The Morgan fingerprint density at radius 1 is 1.07 bits per heavy atom.